The lowest BCUT2D eigenvalue weighted by atomic mass is 10.2. The molecule has 0 bridgehead atoms. The number of rotatable bonds is 7. The van der Waals surface area contributed by atoms with E-state index in [0.29, 0.717) is 54.9 Å². The molecule has 1 saturated heterocycles. The number of nitrogens with one attached hydrogen (secondary N) is 2. The number of sulfone groups is 1. The van der Waals surface area contributed by atoms with E-state index in [2.05, 4.69) is 25.5 Å². The molecule has 10 nitrogen and oxygen atoms in total. The summed E-state index contributed by atoms with van der Waals surface area (Å²) in [5.41, 5.74) is 2.65. The second-order valence-corrected chi connectivity index (χ2v) is 10.6. The van der Waals surface area contributed by atoms with Gasteiger partial charge < -0.3 is 20.3 Å². The van der Waals surface area contributed by atoms with Crippen molar-refractivity contribution < 1.29 is 17.9 Å². The highest BCUT2D eigenvalue weighted by atomic mass is 32.2. The van der Waals surface area contributed by atoms with Gasteiger partial charge in [0, 0.05) is 49.1 Å². The Morgan fingerprint density at radius 2 is 2.00 bits per heavy atom. The Hall–Kier alpha value is -3.57. The van der Waals surface area contributed by atoms with Crippen molar-refractivity contribution in [3.63, 3.8) is 0 Å². The summed E-state index contributed by atoms with van der Waals surface area (Å²) in [5, 5.41) is 5.57. The minimum atomic E-state index is -3.27. The topological polar surface area (TPSA) is 126 Å². The number of urea groups is 1. The smallest absolute Gasteiger partial charge is 0.319 e. The Balaban J connectivity index is 1.51. The number of anilines is 2. The van der Waals surface area contributed by atoms with Gasteiger partial charge in [-0.2, -0.15) is 0 Å². The predicted octanol–water partition coefficient (Wildman–Crippen LogP) is 2.63. The van der Waals surface area contributed by atoms with E-state index < -0.39 is 9.84 Å². The average molecular weight is 497 g/mol. The Bertz CT molecular complexity index is 1270. The highest BCUT2D eigenvalue weighted by molar-refractivity contribution is 7.89. The van der Waals surface area contributed by atoms with Crippen LogP contribution in [0.15, 0.2) is 54.9 Å². The van der Waals surface area contributed by atoms with Gasteiger partial charge in [0.25, 0.3) is 0 Å². The van der Waals surface area contributed by atoms with Gasteiger partial charge in [0.05, 0.1) is 30.7 Å². The fourth-order valence-electron chi connectivity index (χ4n) is 3.73. The first-order chi connectivity index (χ1) is 16.8. The van der Waals surface area contributed by atoms with Crippen LogP contribution in [0.2, 0.25) is 0 Å². The van der Waals surface area contributed by atoms with Gasteiger partial charge in [-0.1, -0.05) is 6.07 Å². The zero-order valence-electron chi connectivity index (χ0n) is 19.6. The lowest BCUT2D eigenvalue weighted by Crippen LogP contribution is -2.44. The molecule has 35 heavy (non-hydrogen) atoms. The minimum Gasteiger partial charge on any atom is -0.377 e. The zero-order chi connectivity index (χ0) is 24.8. The number of morpholine rings is 1. The van der Waals surface area contributed by atoms with Crippen LogP contribution >= 0.6 is 0 Å². The number of hydrogen-bond acceptors (Lipinski definition) is 8. The standard InChI is InChI=1S/C24H28N6O4S/c1-17-15-34-11-10-30(17)22-12-21(16-35(2,32)33)27-23(29-22)19-5-7-20(8-6-19)28-24(31)26-14-18-4-3-9-25-13-18/h3-9,12-13,17H,10-11,14-16H2,1-2H3,(H2,26,28,31)/t17-/m0/s1. The number of amides is 2. The first-order valence-electron chi connectivity index (χ1n) is 11.2. The molecule has 3 heterocycles. The number of carbonyl (C=O) groups is 1. The van der Waals surface area contributed by atoms with Gasteiger partial charge in [-0.25, -0.2) is 23.2 Å². The number of carbonyl (C=O) groups excluding carboxylic acids is 1. The summed E-state index contributed by atoms with van der Waals surface area (Å²) in [6, 6.07) is 12.3. The molecule has 2 amide bonds. The fourth-order valence-corrected chi connectivity index (χ4v) is 4.42. The van der Waals surface area contributed by atoms with Crippen LogP contribution in [-0.4, -0.2) is 61.5 Å². The van der Waals surface area contributed by atoms with Crippen molar-refractivity contribution >= 4 is 27.4 Å². The maximum atomic E-state index is 12.2. The summed E-state index contributed by atoms with van der Waals surface area (Å²) < 4.78 is 29.4. The normalized spacial score (nSPS) is 16.1. The number of aromatic nitrogens is 3. The number of pyridine rings is 1. The molecule has 184 valence electrons. The van der Waals surface area contributed by atoms with E-state index in [1.807, 2.05) is 19.1 Å². The molecule has 1 fully saturated rings. The van der Waals surface area contributed by atoms with Crippen molar-refractivity contribution in [3.8, 4) is 11.4 Å². The van der Waals surface area contributed by atoms with Crippen LogP contribution in [0.3, 0.4) is 0 Å². The third kappa shape index (κ3) is 6.96. The van der Waals surface area contributed by atoms with Crippen molar-refractivity contribution in [1.82, 2.24) is 20.3 Å². The van der Waals surface area contributed by atoms with E-state index in [-0.39, 0.29) is 17.8 Å². The van der Waals surface area contributed by atoms with Gasteiger partial charge in [0.15, 0.2) is 15.7 Å². The third-order valence-electron chi connectivity index (χ3n) is 5.41. The van der Waals surface area contributed by atoms with Crippen molar-refractivity contribution in [2.45, 2.75) is 25.3 Å². The largest absolute Gasteiger partial charge is 0.377 e. The van der Waals surface area contributed by atoms with Gasteiger partial charge >= 0.3 is 6.03 Å². The molecule has 1 aromatic carbocycles. The Labute approximate surface area is 204 Å². The summed E-state index contributed by atoms with van der Waals surface area (Å²) in [5.74, 6) is 0.916. The van der Waals surface area contributed by atoms with E-state index in [1.54, 1.807) is 42.7 Å². The van der Waals surface area contributed by atoms with Crippen LogP contribution in [-0.2, 0) is 26.9 Å². The summed E-state index contributed by atoms with van der Waals surface area (Å²) in [7, 11) is -3.27. The molecule has 0 unspecified atom stereocenters. The maximum Gasteiger partial charge on any atom is 0.319 e. The molecule has 0 saturated carbocycles. The van der Waals surface area contributed by atoms with E-state index in [0.717, 1.165) is 5.56 Å². The minimum absolute atomic E-state index is 0.106. The molecule has 1 aliphatic heterocycles. The van der Waals surface area contributed by atoms with E-state index in [1.165, 1.54) is 6.26 Å². The number of benzene rings is 1. The first-order valence-corrected chi connectivity index (χ1v) is 13.3. The van der Waals surface area contributed by atoms with Gasteiger partial charge in [0.2, 0.25) is 0 Å². The number of hydrogen-bond donors (Lipinski definition) is 2. The molecular weight excluding hydrogens is 468 g/mol. The summed E-state index contributed by atoms with van der Waals surface area (Å²) in [6.07, 6.45) is 4.56. The van der Waals surface area contributed by atoms with Gasteiger partial charge in [0.1, 0.15) is 5.82 Å². The molecule has 2 N–H and O–H groups in total. The van der Waals surface area contributed by atoms with Crippen LogP contribution in [0.25, 0.3) is 11.4 Å². The zero-order valence-corrected chi connectivity index (χ0v) is 20.5. The van der Waals surface area contributed by atoms with Crippen molar-refractivity contribution in [3.05, 3.63) is 66.1 Å². The average Bonchev–Trinajstić information content (AvgIpc) is 2.83. The van der Waals surface area contributed by atoms with E-state index >= 15 is 0 Å². The lowest BCUT2D eigenvalue weighted by Gasteiger charge is -2.34. The van der Waals surface area contributed by atoms with Gasteiger partial charge in [-0.3, -0.25) is 4.98 Å². The molecule has 11 heteroatoms. The van der Waals surface area contributed by atoms with Gasteiger partial charge in [-0.15, -0.1) is 0 Å². The SMILES string of the molecule is C[C@H]1COCCN1c1cc(CS(C)(=O)=O)nc(-c2ccc(NC(=O)NCc3cccnc3)cc2)n1. The Kier molecular flexibility index (Phi) is 7.57. The molecule has 3 aromatic rings. The highest BCUT2D eigenvalue weighted by Gasteiger charge is 2.22. The molecule has 0 aliphatic carbocycles. The molecule has 4 rings (SSSR count). The fraction of sp³-hybridized carbons (Fsp3) is 0.333. The number of nitrogens with zero attached hydrogens (tertiary/aromatic N) is 4. The van der Waals surface area contributed by atoms with Crippen molar-refractivity contribution in [2.75, 3.05) is 36.2 Å². The first kappa shape index (κ1) is 24.6. The quantitative estimate of drug-likeness (QED) is 0.511. The van der Waals surface area contributed by atoms with Crippen LogP contribution in [0, 0.1) is 0 Å². The number of ether oxygens (including phenoxy) is 1. The van der Waals surface area contributed by atoms with Crippen LogP contribution in [0.5, 0.6) is 0 Å². The Morgan fingerprint density at radius 1 is 1.20 bits per heavy atom. The van der Waals surface area contributed by atoms with Crippen molar-refractivity contribution in [1.29, 1.82) is 0 Å². The molecule has 1 aliphatic rings. The maximum absolute atomic E-state index is 12.2. The molecule has 0 spiro atoms. The third-order valence-corrected chi connectivity index (χ3v) is 6.23. The second kappa shape index (κ2) is 10.8. The molecule has 2 aromatic heterocycles. The van der Waals surface area contributed by atoms with E-state index in [4.69, 9.17) is 9.72 Å². The summed E-state index contributed by atoms with van der Waals surface area (Å²) in [6.45, 7) is 4.21. The second-order valence-electron chi connectivity index (χ2n) is 8.47. The predicted molar refractivity (Wildman–Crippen MR) is 134 cm³/mol. The summed E-state index contributed by atoms with van der Waals surface area (Å²) in [4.78, 5) is 27.6. The molecule has 0 radical (unpaired) electrons. The molecular formula is C24H28N6O4S. The van der Waals surface area contributed by atoms with Crippen LogP contribution < -0.4 is 15.5 Å². The Morgan fingerprint density at radius 3 is 2.69 bits per heavy atom. The van der Waals surface area contributed by atoms with Crippen LogP contribution in [0.4, 0.5) is 16.3 Å². The summed E-state index contributed by atoms with van der Waals surface area (Å²) >= 11 is 0. The van der Waals surface area contributed by atoms with Gasteiger partial charge in [-0.05, 0) is 42.8 Å². The lowest BCUT2D eigenvalue weighted by molar-refractivity contribution is 0.0985. The molecule has 1 atom stereocenters. The van der Waals surface area contributed by atoms with Crippen LogP contribution in [0.1, 0.15) is 18.2 Å². The highest BCUT2D eigenvalue weighted by Crippen LogP contribution is 2.25. The van der Waals surface area contributed by atoms with E-state index in [9.17, 15) is 13.2 Å². The monoisotopic (exact) mass is 496 g/mol. The van der Waals surface area contributed by atoms with Crippen molar-refractivity contribution in [2.24, 2.45) is 0 Å².